The van der Waals surface area contributed by atoms with Gasteiger partial charge in [0, 0.05) is 18.0 Å². The molecule has 9 nitrogen and oxygen atoms in total. The van der Waals surface area contributed by atoms with Gasteiger partial charge in [0.05, 0.1) is 19.9 Å². The van der Waals surface area contributed by atoms with Crippen LogP contribution in [0.1, 0.15) is 6.92 Å². The zero-order chi connectivity index (χ0) is 17.9. The Kier molecular flexibility index (Phi) is 4.61. The van der Waals surface area contributed by atoms with E-state index in [0.29, 0.717) is 23.6 Å². The van der Waals surface area contributed by atoms with Crippen molar-refractivity contribution in [1.82, 2.24) is 25.0 Å². The van der Waals surface area contributed by atoms with Gasteiger partial charge in [-0.15, -0.1) is 5.10 Å². The van der Waals surface area contributed by atoms with Crippen molar-refractivity contribution < 1.29 is 13.2 Å². The monoisotopic (exact) mass is 360 g/mol. The standard InChI is InChI=1S/C15H16N6O3S/c1-3-21-18-10-13(19-21)25(22,23)20-15-14(16-8-9-17-15)11-4-6-12(24-2)7-5-11/h4-10H,3H2,1-2H3,(H,17,20). The summed E-state index contributed by atoms with van der Waals surface area (Å²) in [6.07, 6.45) is 4.09. The van der Waals surface area contributed by atoms with Gasteiger partial charge in [-0.2, -0.15) is 18.3 Å². The van der Waals surface area contributed by atoms with Gasteiger partial charge >= 0.3 is 0 Å². The van der Waals surface area contributed by atoms with Gasteiger partial charge in [-0.1, -0.05) is 0 Å². The number of nitrogens with one attached hydrogen (secondary N) is 1. The first-order valence-corrected chi connectivity index (χ1v) is 8.90. The van der Waals surface area contributed by atoms with Crippen LogP contribution in [0.2, 0.25) is 0 Å². The summed E-state index contributed by atoms with van der Waals surface area (Å²) in [6, 6.07) is 7.06. The molecule has 25 heavy (non-hydrogen) atoms. The maximum absolute atomic E-state index is 12.5. The van der Waals surface area contributed by atoms with E-state index in [4.69, 9.17) is 4.74 Å². The van der Waals surface area contributed by atoms with Crippen LogP contribution in [0.3, 0.4) is 0 Å². The molecule has 0 aliphatic rings. The van der Waals surface area contributed by atoms with E-state index in [2.05, 4.69) is 24.9 Å². The lowest BCUT2D eigenvalue weighted by atomic mass is 10.1. The average Bonchev–Trinajstić information content (AvgIpc) is 3.12. The number of ether oxygens (including phenoxy) is 1. The summed E-state index contributed by atoms with van der Waals surface area (Å²) in [6.45, 7) is 2.28. The SMILES string of the molecule is CCn1ncc(S(=O)(=O)Nc2nccnc2-c2ccc(OC)cc2)n1. The maximum Gasteiger partial charge on any atom is 0.284 e. The Bertz CT molecular complexity index is 969. The van der Waals surface area contributed by atoms with Gasteiger partial charge in [0.1, 0.15) is 11.4 Å². The van der Waals surface area contributed by atoms with Gasteiger partial charge in [0.15, 0.2) is 5.82 Å². The largest absolute Gasteiger partial charge is 0.497 e. The van der Waals surface area contributed by atoms with Crippen LogP contribution in [-0.4, -0.2) is 40.5 Å². The van der Waals surface area contributed by atoms with Crippen molar-refractivity contribution in [2.24, 2.45) is 0 Å². The molecular formula is C15H16N6O3S. The summed E-state index contributed by atoms with van der Waals surface area (Å²) in [5.74, 6) is 0.796. The fourth-order valence-electron chi connectivity index (χ4n) is 2.11. The first kappa shape index (κ1) is 16.8. The number of aryl methyl sites for hydroxylation is 1. The predicted octanol–water partition coefficient (Wildman–Crippen LogP) is 1.56. The second-order valence-corrected chi connectivity index (χ2v) is 6.59. The minimum atomic E-state index is -3.92. The third-order valence-electron chi connectivity index (χ3n) is 3.37. The van der Waals surface area contributed by atoms with Crippen molar-refractivity contribution in [2.75, 3.05) is 11.8 Å². The Balaban J connectivity index is 1.95. The van der Waals surface area contributed by atoms with Crippen LogP contribution in [0, 0.1) is 0 Å². The summed E-state index contributed by atoms with van der Waals surface area (Å²) in [7, 11) is -2.35. The molecule has 0 fully saturated rings. The summed E-state index contributed by atoms with van der Waals surface area (Å²) in [5.41, 5.74) is 1.10. The summed E-state index contributed by atoms with van der Waals surface area (Å²) < 4.78 is 32.5. The van der Waals surface area contributed by atoms with Crippen molar-refractivity contribution >= 4 is 15.8 Å². The minimum absolute atomic E-state index is 0.110. The molecule has 0 saturated heterocycles. The lowest BCUT2D eigenvalue weighted by molar-refractivity contribution is 0.415. The van der Waals surface area contributed by atoms with Crippen molar-refractivity contribution in [1.29, 1.82) is 0 Å². The van der Waals surface area contributed by atoms with E-state index < -0.39 is 10.0 Å². The molecule has 130 valence electrons. The van der Waals surface area contributed by atoms with Gasteiger partial charge in [0.2, 0.25) is 5.03 Å². The second kappa shape index (κ2) is 6.85. The first-order chi connectivity index (χ1) is 12.0. The molecule has 0 atom stereocenters. The highest BCUT2D eigenvalue weighted by molar-refractivity contribution is 7.92. The van der Waals surface area contributed by atoms with Gasteiger partial charge in [-0.25, -0.2) is 4.98 Å². The number of benzene rings is 1. The molecular weight excluding hydrogens is 344 g/mol. The van der Waals surface area contributed by atoms with Crippen LogP contribution in [0.4, 0.5) is 5.82 Å². The molecule has 10 heteroatoms. The van der Waals surface area contributed by atoms with Crippen molar-refractivity contribution in [3.63, 3.8) is 0 Å². The Morgan fingerprint density at radius 3 is 2.52 bits per heavy atom. The van der Waals surface area contributed by atoms with Crippen LogP contribution in [0.15, 0.2) is 47.9 Å². The molecule has 1 aromatic carbocycles. The molecule has 3 aromatic rings. The van der Waals surface area contributed by atoms with E-state index in [1.165, 1.54) is 23.4 Å². The molecule has 0 bridgehead atoms. The predicted molar refractivity (Wildman–Crippen MR) is 90.5 cm³/mol. The lowest BCUT2D eigenvalue weighted by Crippen LogP contribution is -2.16. The van der Waals surface area contributed by atoms with Crippen LogP contribution in [0.25, 0.3) is 11.3 Å². The number of nitrogens with zero attached hydrogens (tertiary/aromatic N) is 5. The van der Waals surface area contributed by atoms with Gasteiger partial charge in [-0.3, -0.25) is 9.71 Å². The second-order valence-electron chi connectivity index (χ2n) is 4.96. The molecule has 0 aliphatic carbocycles. The zero-order valence-electron chi connectivity index (χ0n) is 13.6. The maximum atomic E-state index is 12.5. The van der Waals surface area contributed by atoms with E-state index >= 15 is 0 Å². The molecule has 2 heterocycles. The minimum Gasteiger partial charge on any atom is -0.497 e. The van der Waals surface area contributed by atoms with Crippen molar-refractivity contribution in [3.8, 4) is 17.0 Å². The van der Waals surface area contributed by atoms with E-state index in [-0.39, 0.29) is 10.8 Å². The van der Waals surface area contributed by atoms with Crippen LogP contribution in [0.5, 0.6) is 5.75 Å². The molecule has 0 aliphatic heterocycles. The van der Waals surface area contributed by atoms with Crippen LogP contribution >= 0.6 is 0 Å². The first-order valence-electron chi connectivity index (χ1n) is 7.42. The molecule has 3 rings (SSSR count). The third-order valence-corrected chi connectivity index (χ3v) is 4.57. The van der Waals surface area contributed by atoms with Gasteiger partial charge in [0.25, 0.3) is 10.0 Å². The molecule has 0 amide bonds. The Labute approximate surface area is 144 Å². The van der Waals surface area contributed by atoms with E-state index in [0.717, 1.165) is 0 Å². The smallest absolute Gasteiger partial charge is 0.284 e. The number of sulfonamides is 1. The lowest BCUT2D eigenvalue weighted by Gasteiger charge is -2.09. The fourth-order valence-corrected chi connectivity index (χ4v) is 3.01. The quantitative estimate of drug-likeness (QED) is 0.710. The summed E-state index contributed by atoms with van der Waals surface area (Å²) in [4.78, 5) is 9.62. The van der Waals surface area contributed by atoms with E-state index in [1.807, 2.05) is 6.92 Å². The van der Waals surface area contributed by atoms with Crippen molar-refractivity contribution in [3.05, 3.63) is 42.9 Å². The highest BCUT2D eigenvalue weighted by Gasteiger charge is 2.21. The Morgan fingerprint density at radius 1 is 1.16 bits per heavy atom. The summed E-state index contributed by atoms with van der Waals surface area (Å²) in [5, 5.41) is 7.61. The number of rotatable bonds is 6. The van der Waals surface area contributed by atoms with Gasteiger partial charge in [-0.05, 0) is 31.2 Å². The molecule has 0 unspecified atom stereocenters. The molecule has 1 N–H and O–H groups in total. The van der Waals surface area contributed by atoms with E-state index in [1.54, 1.807) is 31.4 Å². The number of hydrogen-bond donors (Lipinski definition) is 1. The molecule has 0 spiro atoms. The van der Waals surface area contributed by atoms with E-state index in [9.17, 15) is 8.42 Å². The molecule has 0 saturated carbocycles. The normalized spacial score (nSPS) is 11.3. The highest BCUT2D eigenvalue weighted by Crippen LogP contribution is 2.26. The summed E-state index contributed by atoms with van der Waals surface area (Å²) >= 11 is 0. The fraction of sp³-hybridized carbons (Fsp3) is 0.200. The number of aromatic nitrogens is 5. The zero-order valence-corrected chi connectivity index (χ0v) is 14.4. The number of anilines is 1. The van der Waals surface area contributed by atoms with Crippen molar-refractivity contribution in [2.45, 2.75) is 18.5 Å². The van der Waals surface area contributed by atoms with Crippen LogP contribution in [-0.2, 0) is 16.6 Å². The Morgan fingerprint density at radius 2 is 1.88 bits per heavy atom. The Hall–Kier alpha value is -3.01. The number of hydrogen-bond acceptors (Lipinski definition) is 7. The molecule has 2 aromatic heterocycles. The number of methoxy groups -OCH3 is 1. The topological polar surface area (TPSA) is 112 Å². The average molecular weight is 360 g/mol. The van der Waals surface area contributed by atoms with Gasteiger partial charge < -0.3 is 4.74 Å². The third kappa shape index (κ3) is 3.58. The highest BCUT2D eigenvalue weighted by atomic mass is 32.2. The molecule has 0 radical (unpaired) electrons. The van der Waals surface area contributed by atoms with Crippen LogP contribution < -0.4 is 9.46 Å².